The maximum absolute atomic E-state index is 13.9. The predicted octanol–water partition coefficient (Wildman–Crippen LogP) is 3.30. The number of hydrazine groups is 1. The highest BCUT2D eigenvalue weighted by molar-refractivity contribution is 5.30. The van der Waals surface area contributed by atoms with Crippen LogP contribution in [0.2, 0.25) is 0 Å². The number of hydrogen-bond donors (Lipinski definition) is 2. The van der Waals surface area contributed by atoms with Gasteiger partial charge < -0.3 is 0 Å². The number of halogens is 4. The van der Waals surface area contributed by atoms with Gasteiger partial charge in [0.2, 0.25) is 0 Å². The Kier molecular flexibility index (Phi) is 4.59. The highest BCUT2D eigenvalue weighted by Gasteiger charge is 2.19. The summed E-state index contributed by atoms with van der Waals surface area (Å²) in [6.45, 7) is 1.45. The molecule has 0 fully saturated rings. The van der Waals surface area contributed by atoms with Crippen LogP contribution in [0.15, 0.2) is 30.3 Å². The van der Waals surface area contributed by atoms with Crippen molar-refractivity contribution in [2.24, 2.45) is 5.84 Å². The lowest BCUT2D eigenvalue weighted by molar-refractivity contribution is 0.459. The maximum Gasteiger partial charge on any atom is 0.163 e. The Hall–Kier alpha value is -1.92. The molecule has 0 saturated carbocycles. The number of nitrogens with one attached hydrogen (secondary N) is 1. The normalized spacial score (nSPS) is 12.5. The Morgan fingerprint density at radius 3 is 2.33 bits per heavy atom. The largest absolute Gasteiger partial charge is 0.271 e. The lowest BCUT2D eigenvalue weighted by Gasteiger charge is -2.18. The van der Waals surface area contributed by atoms with Gasteiger partial charge in [0.25, 0.3) is 0 Å². The standard InChI is InChI=1S/C15H14F4N2/c1-8-2-4-10(15(19)14(8)18)13(21-20)7-9-3-5-11(16)12(17)6-9/h2-6,13,21H,7,20H2,1H3. The third-order valence-electron chi connectivity index (χ3n) is 3.31. The van der Waals surface area contributed by atoms with Crippen molar-refractivity contribution >= 4 is 0 Å². The van der Waals surface area contributed by atoms with Crippen molar-refractivity contribution in [3.63, 3.8) is 0 Å². The average molecular weight is 298 g/mol. The molecule has 2 aromatic rings. The minimum Gasteiger partial charge on any atom is -0.271 e. The molecule has 3 N–H and O–H groups in total. The molecular formula is C15H14F4N2. The number of rotatable bonds is 4. The molecule has 0 aliphatic carbocycles. The molecule has 0 aliphatic heterocycles. The van der Waals surface area contributed by atoms with Gasteiger partial charge in [0.15, 0.2) is 23.3 Å². The molecule has 21 heavy (non-hydrogen) atoms. The Morgan fingerprint density at radius 2 is 1.71 bits per heavy atom. The van der Waals surface area contributed by atoms with E-state index in [9.17, 15) is 17.6 Å². The minimum atomic E-state index is -1.00. The average Bonchev–Trinajstić information content (AvgIpc) is 2.47. The Bertz CT molecular complexity index is 658. The summed E-state index contributed by atoms with van der Waals surface area (Å²) >= 11 is 0. The fraction of sp³-hybridized carbons (Fsp3) is 0.200. The summed E-state index contributed by atoms with van der Waals surface area (Å²) in [5, 5.41) is 0. The van der Waals surface area contributed by atoms with E-state index < -0.39 is 29.3 Å². The fourth-order valence-electron chi connectivity index (χ4n) is 2.09. The number of hydrogen-bond acceptors (Lipinski definition) is 2. The van der Waals surface area contributed by atoms with Crippen molar-refractivity contribution in [2.45, 2.75) is 19.4 Å². The quantitative estimate of drug-likeness (QED) is 0.516. The van der Waals surface area contributed by atoms with Crippen LogP contribution in [0.1, 0.15) is 22.7 Å². The minimum absolute atomic E-state index is 0.0327. The molecule has 1 unspecified atom stereocenters. The molecule has 2 aromatic carbocycles. The lowest BCUT2D eigenvalue weighted by atomic mass is 9.97. The summed E-state index contributed by atoms with van der Waals surface area (Å²) < 4.78 is 53.6. The molecule has 6 heteroatoms. The molecule has 112 valence electrons. The Labute approximate surface area is 119 Å². The molecule has 1 atom stereocenters. The second kappa shape index (κ2) is 6.24. The first-order chi connectivity index (χ1) is 9.93. The van der Waals surface area contributed by atoms with E-state index in [4.69, 9.17) is 5.84 Å². The van der Waals surface area contributed by atoms with Crippen LogP contribution in [-0.4, -0.2) is 0 Å². The molecular weight excluding hydrogens is 284 g/mol. The fourth-order valence-corrected chi connectivity index (χ4v) is 2.09. The lowest BCUT2D eigenvalue weighted by Crippen LogP contribution is -2.30. The second-order valence-corrected chi connectivity index (χ2v) is 4.77. The zero-order chi connectivity index (χ0) is 15.6. The van der Waals surface area contributed by atoms with Crippen LogP contribution < -0.4 is 11.3 Å². The van der Waals surface area contributed by atoms with Gasteiger partial charge in [-0.05, 0) is 36.6 Å². The van der Waals surface area contributed by atoms with Crippen LogP contribution in [-0.2, 0) is 6.42 Å². The van der Waals surface area contributed by atoms with Gasteiger partial charge >= 0.3 is 0 Å². The van der Waals surface area contributed by atoms with E-state index in [0.29, 0.717) is 5.56 Å². The summed E-state index contributed by atoms with van der Waals surface area (Å²) in [7, 11) is 0. The van der Waals surface area contributed by atoms with Crippen LogP contribution in [0, 0.1) is 30.2 Å². The maximum atomic E-state index is 13.9. The number of benzene rings is 2. The van der Waals surface area contributed by atoms with Gasteiger partial charge in [-0.2, -0.15) is 0 Å². The van der Waals surface area contributed by atoms with Crippen LogP contribution >= 0.6 is 0 Å². The van der Waals surface area contributed by atoms with E-state index in [2.05, 4.69) is 5.43 Å². The summed E-state index contributed by atoms with van der Waals surface area (Å²) in [5.41, 5.74) is 2.99. The summed E-state index contributed by atoms with van der Waals surface area (Å²) in [4.78, 5) is 0. The van der Waals surface area contributed by atoms with Gasteiger partial charge in [0.05, 0.1) is 6.04 Å². The summed E-state index contributed by atoms with van der Waals surface area (Å²) in [6, 6.07) is 5.43. The topological polar surface area (TPSA) is 38.0 Å². The molecule has 0 bridgehead atoms. The van der Waals surface area contributed by atoms with E-state index in [-0.39, 0.29) is 17.5 Å². The van der Waals surface area contributed by atoms with E-state index in [1.807, 2.05) is 0 Å². The van der Waals surface area contributed by atoms with Crippen LogP contribution in [0.4, 0.5) is 17.6 Å². The number of nitrogens with two attached hydrogens (primary N) is 1. The number of aryl methyl sites for hydroxylation is 1. The van der Waals surface area contributed by atoms with E-state index >= 15 is 0 Å². The van der Waals surface area contributed by atoms with Crippen molar-refractivity contribution in [1.82, 2.24) is 5.43 Å². The molecule has 0 amide bonds. The molecule has 0 aromatic heterocycles. The van der Waals surface area contributed by atoms with Gasteiger partial charge in [-0.1, -0.05) is 18.2 Å². The third-order valence-corrected chi connectivity index (χ3v) is 3.31. The second-order valence-electron chi connectivity index (χ2n) is 4.77. The summed E-state index contributed by atoms with van der Waals surface area (Å²) in [6.07, 6.45) is 0.0904. The molecule has 0 aliphatic rings. The highest BCUT2D eigenvalue weighted by Crippen LogP contribution is 2.24. The molecule has 2 rings (SSSR count). The van der Waals surface area contributed by atoms with E-state index in [1.165, 1.54) is 25.1 Å². The zero-order valence-electron chi connectivity index (χ0n) is 11.3. The van der Waals surface area contributed by atoms with Gasteiger partial charge in [-0.3, -0.25) is 11.3 Å². The first-order valence-electron chi connectivity index (χ1n) is 6.28. The monoisotopic (exact) mass is 298 g/mol. The van der Waals surface area contributed by atoms with Crippen molar-refractivity contribution in [3.05, 3.63) is 70.3 Å². The smallest absolute Gasteiger partial charge is 0.163 e. The Balaban J connectivity index is 2.32. The molecule has 0 heterocycles. The van der Waals surface area contributed by atoms with Gasteiger partial charge in [0.1, 0.15) is 0 Å². The predicted molar refractivity (Wildman–Crippen MR) is 71.2 cm³/mol. The Morgan fingerprint density at radius 1 is 1.00 bits per heavy atom. The molecule has 0 saturated heterocycles. The SMILES string of the molecule is Cc1ccc(C(Cc2ccc(F)c(F)c2)NN)c(F)c1F. The van der Waals surface area contributed by atoms with Crippen molar-refractivity contribution in [3.8, 4) is 0 Å². The first-order valence-corrected chi connectivity index (χ1v) is 6.28. The van der Waals surface area contributed by atoms with Crippen LogP contribution in [0.5, 0.6) is 0 Å². The van der Waals surface area contributed by atoms with Crippen molar-refractivity contribution in [1.29, 1.82) is 0 Å². The van der Waals surface area contributed by atoms with Gasteiger partial charge in [0, 0.05) is 5.56 Å². The van der Waals surface area contributed by atoms with E-state index in [1.54, 1.807) is 0 Å². The third kappa shape index (κ3) is 3.22. The summed E-state index contributed by atoms with van der Waals surface area (Å²) in [5.74, 6) is 1.45. The molecule has 0 radical (unpaired) electrons. The van der Waals surface area contributed by atoms with Crippen LogP contribution in [0.3, 0.4) is 0 Å². The van der Waals surface area contributed by atoms with E-state index in [0.717, 1.165) is 12.1 Å². The van der Waals surface area contributed by atoms with Crippen molar-refractivity contribution < 1.29 is 17.6 Å². The molecule has 0 spiro atoms. The highest BCUT2D eigenvalue weighted by atomic mass is 19.2. The van der Waals surface area contributed by atoms with Crippen LogP contribution in [0.25, 0.3) is 0 Å². The van der Waals surface area contributed by atoms with Gasteiger partial charge in [-0.15, -0.1) is 0 Å². The molecule has 2 nitrogen and oxygen atoms in total. The van der Waals surface area contributed by atoms with Crippen molar-refractivity contribution in [2.75, 3.05) is 0 Å². The zero-order valence-corrected chi connectivity index (χ0v) is 11.3. The van der Waals surface area contributed by atoms with Gasteiger partial charge in [-0.25, -0.2) is 17.6 Å². The first kappa shape index (κ1) is 15.5.